The topological polar surface area (TPSA) is 50.7 Å². The van der Waals surface area contributed by atoms with Crippen molar-refractivity contribution in [2.45, 2.75) is 12.8 Å². The van der Waals surface area contributed by atoms with Crippen LogP contribution in [0.4, 0.5) is 5.95 Å². The second-order valence-corrected chi connectivity index (χ2v) is 4.57. The maximum atomic E-state index is 5.70. The lowest BCUT2D eigenvalue weighted by Gasteiger charge is -2.12. The van der Waals surface area contributed by atoms with E-state index in [0.717, 1.165) is 0 Å². The van der Waals surface area contributed by atoms with Crippen LogP contribution in [0.1, 0.15) is 18.4 Å². The van der Waals surface area contributed by atoms with Crippen molar-refractivity contribution in [3.05, 3.63) is 46.5 Å². The summed E-state index contributed by atoms with van der Waals surface area (Å²) in [6, 6.07) is 10.2. The number of aromatic nitrogens is 3. The molecule has 18 heavy (non-hydrogen) atoms. The molecule has 1 atom stereocenters. The summed E-state index contributed by atoms with van der Waals surface area (Å²) in [6.07, 6.45) is 0. The number of rotatable bonds is 4. The summed E-state index contributed by atoms with van der Waals surface area (Å²) >= 11 is 11.4. The summed E-state index contributed by atoms with van der Waals surface area (Å²) < 4.78 is 0. The second-order valence-electron chi connectivity index (χ2n) is 3.89. The zero-order valence-corrected chi connectivity index (χ0v) is 11.3. The summed E-state index contributed by atoms with van der Waals surface area (Å²) in [5.41, 5.74) is 1.25. The fraction of sp³-hybridized carbons (Fsp3) is 0.250. The van der Waals surface area contributed by atoms with Crippen LogP contribution in [-0.2, 0) is 0 Å². The Kier molecular flexibility index (Phi) is 4.33. The molecule has 0 aliphatic heterocycles. The standard InChI is InChI=1S/C12H12Cl2N4/c1-8(9-5-3-2-4-6-9)7-15-12-17-10(13)16-11(14)18-12/h2-6,8H,7H2,1H3,(H,15,16,17,18)/t8-/m0/s1. The largest absolute Gasteiger partial charge is 0.353 e. The molecule has 1 heterocycles. The number of hydrogen-bond donors (Lipinski definition) is 1. The van der Waals surface area contributed by atoms with E-state index in [2.05, 4.69) is 39.3 Å². The molecule has 2 rings (SSSR count). The smallest absolute Gasteiger partial charge is 0.228 e. The molecule has 0 amide bonds. The molecule has 0 saturated carbocycles. The number of anilines is 1. The minimum Gasteiger partial charge on any atom is -0.353 e. The molecule has 0 spiro atoms. The van der Waals surface area contributed by atoms with Crippen molar-refractivity contribution in [3.8, 4) is 0 Å². The second kappa shape index (κ2) is 5.98. The number of hydrogen-bond acceptors (Lipinski definition) is 4. The van der Waals surface area contributed by atoms with E-state index >= 15 is 0 Å². The minimum absolute atomic E-state index is 0.0878. The van der Waals surface area contributed by atoms with Gasteiger partial charge in [-0.25, -0.2) is 0 Å². The molecule has 0 saturated heterocycles. The van der Waals surface area contributed by atoms with Gasteiger partial charge in [-0.2, -0.15) is 15.0 Å². The van der Waals surface area contributed by atoms with Crippen LogP contribution < -0.4 is 5.32 Å². The quantitative estimate of drug-likeness (QED) is 0.934. The minimum atomic E-state index is 0.0878. The molecule has 4 nitrogen and oxygen atoms in total. The van der Waals surface area contributed by atoms with Crippen molar-refractivity contribution < 1.29 is 0 Å². The first-order valence-electron chi connectivity index (χ1n) is 5.51. The molecule has 0 fully saturated rings. The molecule has 1 aromatic heterocycles. The van der Waals surface area contributed by atoms with Gasteiger partial charge in [0.15, 0.2) is 0 Å². The van der Waals surface area contributed by atoms with Gasteiger partial charge in [0.2, 0.25) is 16.5 Å². The van der Waals surface area contributed by atoms with E-state index in [1.807, 2.05) is 18.2 Å². The number of nitrogens with one attached hydrogen (secondary N) is 1. The van der Waals surface area contributed by atoms with Crippen molar-refractivity contribution in [1.29, 1.82) is 0 Å². The molecule has 0 aliphatic rings. The Bertz CT molecular complexity index is 498. The van der Waals surface area contributed by atoms with E-state index in [4.69, 9.17) is 23.2 Å². The van der Waals surface area contributed by atoms with Crippen LogP contribution in [0, 0.1) is 0 Å². The Labute approximate surface area is 115 Å². The fourth-order valence-corrected chi connectivity index (χ4v) is 1.91. The highest BCUT2D eigenvalue weighted by Crippen LogP contribution is 2.15. The van der Waals surface area contributed by atoms with Crippen molar-refractivity contribution in [2.24, 2.45) is 0 Å². The van der Waals surface area contributed by atoms with E-state index < -0.39 is 0 Å². The summed E-state index contributed by atoms with van der Waals surface area (Å²) in [7, 11) is 0. The Morgan fingerprint density at radius 3 is 2.28 bits per heavy atom. The predicted octanol–water partition coefficient (Wildman–Crippen LogP) is 3.39. The van der Waals surface area contributed by atoms with Crippen molar-refractivity contribution in [3.63, 3.8) is 0 Å². The van der Waals surface area contributed by atoms with Crippen LogP contribution >= 0.6 is 23.2 Å². The zero-order chi connectivity index (χ0) is 13.0. The van der Waals surface area contributed by atoms with E-state index in [-0.39, 0.29) is 10.6 Å². The molecule has 1 aromatic carbocycles. The number of benzene rings is 1. The Morgan fingerprint density at radius 1 is 1.06 bits per heavy atom. The normalized spacial score (nSPS) is 12.2. The van der Waals surface area contributed by atoms with Gasteiger partial charge in [0.1, 0.15) is 0 Å². The third kappa shape index (κ3) is 3.55. The van der Waals surface area contributed by atoms with Crippen molar-refractivity contribution >= 4 is 29.2 Å². The van der Waals surface area contributed by atoms with Crippen molar-refractivity contribution in [1.82, 2.24) is 15.0 Å². The maximum absolute atomic E-state index is 5.70. The lowest BCUT2D eigenvalue weighted by Crippen LogP contribution is -2.12. The molecule has 0 unspecified atom stereocenters. The average Bonchev–Trinajstić information content (AvgIpc) is 2.36. The predicted molar refractivity (Wildman–Crippen MR) is 73.2 cm³/mol. The number of halogens is 2. The highest BCUT2D eigenvalue weighted by Gasteiger charge is 2.07. The van der Waals surface area contributed by atoms with Crippen LogP contribution in [0.3, 0.4) is 0 Å². The number of nitrogens with zero attached hydrogens (tertiary/aromatic N) is 3. The van der Waals surface area contributed by atoms with Gasteiger partial charge in [0.05, 0.1) is 0 Å². The summed E-state index contributed by atoms with van der Waals surface area (Å²) in [6.45, 7) is 2.81. The Hall–Kier alpha value is -1.39. The first kappa shape index (κ1) is 13.1. The van der Waals surface area contributed by atoms with Crippen LogP contribution in [0.15, 0.2) is 30.3 Å². The van der Waals surface area contributed by atoms with Gasteiger partial charge in [0, 0.05) is 6.54 Å². The van der Waals surface area contributed by atoms with E-state index in [9.17, 15) is 0 Å². The highest BCUT2D eigenvalue weighted by molar-refractivity contribution is 6.31. The maximum Gasteiger partial charge on any atom is 0.228 e. The van der Waals surface area contributed by atoms with Gasteiger partial charge in [-0.15, -0.1) is 0 Å². The van der Waals surface area contributed by atoms with Gasteiger partial charge in [0.25, 0.3) is 0 Å². The molecule has 0 bridgehead atoms. The summed E-state index contributed by atoms with van der Waals surface area (Å²) in [5.74, 6) is 0.725. The van der Waals surface area contributed by atoms with Gasteiger partial charge in [-0.05, 0) is 34.7 Å². The zero-order valence-electron chi connectivity index (χ0n) is 9.77. The van der Waals surface area contributed by atoms with Gasteiger partial charge in [-0.3, -0.25) is 0 Å². The van der Waals surface area contributed by atoms with E-state index in [1.54, 1.807) is 0 Å². The van der Waals surface area contributed by atoms with Crippen LogP contribution in [-0.4, -0.2) is 21.5 Å². The Morgan fingerprint density at radius 2 is 1.67 bits per heavy atom. The summed E-state index contributed by atoms with van der Waals surface area (Å²) in [5, 5.41) is 3.27. The molecular formula is C12H12Cl2N4. The lowest BCUT2D eigenvalue weighted by atomic mass is 10.0. The molecule has 0 radical (unpaired) electrons. The Balaban J connectivity index is 1.99. The van der Waals surface area contributed by atoms with Gasteiger partial charge in [-0.1, -0.05) is 37.3 Å². The SMILES string of the molecule is C[C@@H](CNc1nc(Cl)nc(Cl)n1)c1ccccc1. The van der Waals surface area contributed by atoms with Crippen LogP contribution in [0.5, 0.6) is 0 Å². The average molecular weight is 283 g/mol. The van der Waals surface area contributed by atoms with E-state index in [0.29, 0.717) is 18.4 Å². The lowest BCUT2D eigenvalue weighted by molar-refractivity contribution is 0.795. The first-order valence-corrected chi connectivity index (χ1v) is 6.26. The molecule has 94 valence electrons. The first-order chi connectivity index (χ1) is 8.65. The summed E-state index contributed by atoms with van der Waals surface area (Å²) in [4.78, 5) is 11.6. The molecule has 6 heteroatoms. The third-order valence-electron chi connectivity index (χ3n) is 2.52. The molecule has 1 N–H and O–H groups in total. The third-order valence-corrected chi connectivity index (χ3v) is 2.85. The molecule has 0 aliphatic carbocycles. The monoisotopic (exact) mass is 282 g/mol. The van der Waals surface area contributed by atoms with Gasteiger partial charge < -0.3 is 5.32 Å². The highest BCUT2D eigenvalue weighted by atomic mass is 35.5. The van der Waals surface area contributed by atoms with E-state index in [1.165, 1.54) is 5.56 Å². The molecular weight excluding hydrogens is 271 g/mol. The van der Waals surface area contributed by atoms with Gasteiger partial charge >= 0.3 is 0 Å². The van der Waals surface area contributed by atoms with Crippen LogP contribution in [0.25, 0.3) is 0 Å². The fourth-order valence-electron chi connectivity index (χ4n) is 1.55. The van der Waals surface area contributed by atoms with Crippen molar-refractivity contribution in [2.75, 3.05) is 11.9 Å². The van der Waals surface area contributed by atoms with Crippen LogP contribution in [0.2, 0.25) is 10.6 Å². The molecule has 2 aromatic rings.